The summed E-state index contributed by atoms with van der Waals surface area (Å²) in [4.78, 5) is 28.2. The van der Waals surface area contributed by atoms with E-state index in [1.54, 1.807) is 11.3 Å². The number of aromatic nitrogens is 2. The highest BCUT2D eigenvalue weighted by Crippen LogP contribution is 2.15. The smallest absolute Gasteiger partial charge is 0.326 e. The van der Waals surface area contributed by atoms with E-state index in [9.17, 15) is 14.7 Å². The number of amides is 1. The third kappa shape index (κ3) is 3.10. The Morgan fingerprint density at radius 3 is 2.73 bits per heavy atom. The molecule has 2 N–H and O–H groups in total. The van der Waals surface area contributed by atoms with Crippen LogP contribution in [0.1, 0.15) is 48.1 Å². The molecule has 2 aromatic heterocycles. The third-order valence-corrected chi connectivity index (χ3v) is 3.68. The van der Waals surface area contributed by atoms with Crippen molar-refractivity contribution in [2.24, 2.45) is 0 Å². The van der Waals surface area contributed by atoms with Crippen molar-refractivity contribution in [3.05, 3.63) is 35.3 Å². The van der Waals surface area contributed by atoms with Crippen molar-refractivity contribution < 1.29 is 14.7 Å². The van der Waals surface area contributed by atoms with Crippen LogP contribution in [0.15, 0.2) is 18.2 Å². The Morgan fingerprint density at radius 1 is 1.36 bits per heavy atom. The highest BCUT2D eigenvalue weighted by molar-refractivity contribution is 5.97. The maximum absolute atomic E-state index is 12.5. The van der Waals surface area contributed by atoms with Crippen LogP contribution in [0, 0.1) is 13.8 Å². The van der Waals surface area contributed by atoms with Gasteiger partial charge < -0.3 is 10.4 Å². The van der Waals surface area contributed by atoms with Gasteiger partial charge in [0.2, 0.25) is 0 Å². The first-order valence-electron chi connectivity index (χ1n) is 7.44. The van der Waals surface area contributed by atoms with Crippen molar-refractivity contribution in [1.82, 2.24) is 14.7 Å². The van der Waals surface area contributed by atoms with Crippen molar-refractivity contribution in [3.63, 3.8) is 0 Å². The number of nitrogens with zero attached hydrogens (tertiary/aromatic N) is 2. The van der Waals surface area contributed by atoms with E-state index in [2.05, 4.69) is 10.3 Å². The Hall–Kier alpha value is -2.37. The van der Waals surface area contributed by atoms with Gasteiger partial charge in [0.15, 0.2) is 0 Å². The highest BCUT2D eigenvalue weighted by Gasteiger charge is 2.24. The van der Waals surface area contributed by atoms with Crippen molar-refractivity contribution >= 4 is 17.5 Å². The molecule has 0 saturated heterocycles. The van der Waals surface area contributed by atoms with E-state index < -0.39 is 17.9 Å². The Bertz CT molecular complexity index is 706. The largest absolute Gasteiger partial charge is 0.480 e. The molecule has 0 radical (unpaired) electrons. The molecule has 0 fully saturated rings. The summed E-state index contributed by atoms with van der Waals surface area (Å²) in [5, 5.41) is 11.9. The number of carboxylic acids is 1. The molecule has 22 heavy (non-hydrogen) atoms. The van der Waals surface area contributed by atoms with Crippen LogP contribution < -0.4 is 5.32 Å². The minimum atomic E-state index is -1.01. The summed E-state index contributed by atoms with van der Waals surface area (Å²) >= 11 is 0. The first-order valence-corrected chi connectivity index (χ1v) is 7.44. The number of aliphatic carboxylic acids is 1. The lowest BCUT2D eigenvalue weighted by molar-refractivity contribution is -0.139. The molecule has 2 heterocycles. The molecule has 2 rings (SSSR count). The van der Waals surface area contributed by atoms with E-state index >= 15 is 0 Å². The van der Waals surface area contributed by atoms with Gasteiger partial charge in [0.25, 0.3) is 5.91 Å². The van der Waals surface area contributed by atoms with Crippen LogP contribution in [-0.2, 0) is 4.79 Å². The first-order chi connectivity index (χ1) is 10.5. The van der Waals surface area contributed by atoms with Crippen molar-refractivity contribution in [2.45, 2.75) is 46.1 Å². The summed E-state index contributed by atoms with van der Waals surface area (Å²) < 4.78 is 1.75. The summed E-state index contributed by atoms with van der Waals surface area (Å²) in [6.07, 6.45) is 2.06. The summed E-state index contributed by atoms with van der Waals surface area (Å²) in [6, 6.07) is 4.71. The number of aryl methyl sites for hydroxylation is 2. The molecule has 1 amide bonds. The molecular formula is C16H21N3O3. The molecule has 0 spiro atoms. The number of pyridine rings is 1. The molecule has 6 heteroatoms. The predicted molar refractivity (Wildman–Crippen MR) is 83.1 cm³/mol. The fourth-order valence-electron chi connectivity index (χ4n) is 2.53. The SMILES string of the molecule is CCCCC(NC(=O)c1c(C)nc2cccc(C)n12)C(=O)O. The summed E-state index contributed by atoms with van der Waals surface area (Å²) in [5.41, 5.74) is 2.55. The van der Waals surface area contributed by atoms with Crippen LogP contribution in [-0.4, -0.2) is 32.4 Å². The van der Waals surface area contributed by atoms with Crippen LogP contribution >= 0.6 is 0 Å². The number of imidazole rings is 1. The second-order valence-corrected chi connectivity index (χ2v) is 5.41. The van der Waals surface area contributed by atoms with E-state index in [-0.39, 0.29) is 0 Å². The number of hydrogen-bond acceptors (Lipinski definition) is 3. The van der Waals surface area contributed by atoms with Gasteiger partial charge in [-0.1, -0.05) is 25.8 Å². The van der Waals surface area contributed by atoms with E-state index in [1.165, 1.54) is 0 Å². The van der Waals surface area contributed by atoms with Crippen molar-refractivity contribution in [1.29, 1.82) is 0 Å². The van der Waals surface area contributed by atoms with Gasteiger partial charge in [0.1, 0.15) is 17.4 Å². The second kappa shape index (κ2) is 6.60. The lowest BCUT2D eigenvalue weighted by atomic mass is 10.1. The Morgan fingerprint density at radius 2 is 2.09 bits per heavy atom. The van der Waals surface area contributed by atoms with E-state index in [1.807, 2.05) is 32.0 Å². The van der Waals surface area contributed by atoms with Gasteiger partial charge in [-0.2, -0.15) is 0 Å². The highest BCUT2D eigenvalue weighted by atomic mass is 16.4. The number of carboxylic acid groups (broad SMARTS) is 1. The number of fused-ring (bicyclic) bond motifs is 1. The van der Waals surface area contributed by atoms with Gasteiger partial charge in [-0.3, -0.25) is 9.20 Å². The minimum Gasteiger partial charge on any atom is -0.480 e. The van der Waals surface area contributed by atoms with Crippen molar-refractivity contribution in [3.8, 4) is 0 Å². The van der Waals surface area contributed by atoms with Crippen LogP contribution in [0.25, 0.3) is 5.65 Å². The lowest BCUT2D eigenvalue weighted by Crippen LogP contribution is -2.41. The number of unbranched alkanes of at least 4 members (excludes halogenated alkanes) is 1. The number of carbonyl (C=O) groups excluding carboxylic acids is 1. The normalized spacial score (nSPS) is 12.3. The number of nitrogens with one attached hydrogen (secondary N) is 1. The van der Waals surface area contributed by atoms with Gasteiger partial charge >= 0.3 is 5.97 Å². The summed E-state index contributed by atoms with van der Waals surface area (Å²) in [7, 11) is 0. The minimum absolute atomic E-state index is 0.399. The zero-order chi connectivity index (χ0) is 16.3. The van der Waals surface area contributed by atoms with E-state index in [0.29, 0.717) is 23.5 Å². The van der Waals surface area contributed by atoms with Gasteiger partial charge in [0.05, 0.1) is 5.69 Å². The average Bonchev–Trinajstić information content (AvgIpc) is 2.80. The molecule has 6 nitrogen and oxygen atoms in total. The fourth-order valence-corrected chi connectivity index (χ4v) is 2.53. The molecule has 2 aromatic rings. The molecule has 1 atom stereocenters. The Balaban J connectivity index is 2.33. The quantitative estimate of drug-likeness (QED) is 0.858. The summed E-state index contributed by atoms with van der Waals surface area (Å²) in [5.74, 6) is -1.41. The molecule has 0 aliphatic heterocycles. The average molecular weight is 303 g/mol. The molecule has 0 aliphatic rings. The third-order valence-electron chi connectivity index (χ3n) is 3.68. The molecular weight excluding hydrogens is 282 g/mol. The van der Waals surface area contributed by atoms with Crippen LogP contribution in [0.4, 0.5) is 0 Å². The van der Waals surface area contributed by atoms with Crippen molar-refractivity contribution in [2.75, 3.05) is 0 Å². The monoisotopic (exact) mass is 303 g/mol. The standard InChI is InChI=1S/C16H21N3O3/c1-4-5-8-12(16(21)22)18-15(20)14-11(3)17-13-9-6-7-10(2)19(13)14/h6-7,9,12H,4-5,8H2,1-3H3,(H,18,20)(H,21,22). The molecule has 1 unspecified atom stereocenters. The number of rotatable bonds is 6. The topological polar surface area (TPSA) is 83.7 Å². The van der Waals surface area contributed by atoms with Crippen LogP contribution in [0.3, 0.4) is 0 Å². The lowest BCUT2D eigenvalue weighted by Gasteiger charge is -2.14. The zero-order valence-electron chi connectivity index (χ0n) is 13.1. The van der Waals surface area contributed by atoms with Gasteiger partial charge in [-0.05, 0) is 32.4 Å². The van der Waals surface area contributed by atoms with Gasteiger partial charge in [-0.15, -0.1) is 0 Å². The zero-order valence-corrected chi connectivity index (χ0v) is 13.1. The maximum Gasteiger partial charge on any atom is 0.326 e. The maximum atomic E-state index is 12.5. The van der Waals surface area contributed by atoms with Gasteiger partial charge in [0, 0.05) is 5.69 Å². The first kappa shape index (κ1) is 16.0. The summed E-state index contributed by atoms with van der Waals surface area (Å²) in [6.45, 7) is 5.62. The van der Waals surface area contributed by atoms with Crippen LogP contribution in [0.5, 0.6) is 0 Å². The number of carbonyl (C=O) groups is 2. The van der Waals surface area contributed by atoms with E-state index in [0.717, 1.165) is 18.5 Å². The fraction of sp³-hybridized carbons (Fsp3) is 0.438. The van der Waals surface area contributed by atoms with Crippen LogP contribution in [0.2, 0.25) is 0 Å². The van der Waals surface area contributed by atoms with E-state index in [4.69, 9.17) is 0 Å². The van der Waals surface area contributed by atoms with Gasteiger partial charge in [-0.25, -0.2) is 9.78 Å². The Labute approximate surface area is 129 Å². The molecule has 0 aromatic carbocycles. The molecule has 0 bridgehead atoms. The Kier molecular flexibility index (Phi) is 4.80. The second-order valence-electron chi connectivity index (χ2n) is 5.41. The molecule has 0 aliphatic carbocycles. The number of hydrogen-bond donors (Lipinski definition) is 2. The predicted octanol–water partition coefficient (Wildman–Crippen LogP) is 2.32. The molecule has 0 saturated carbocycles. The molecule has 118 valence electrons.